The first-order valence-corrected chi connectivity index (χ1v) is 9.89. The average molecular weight is 382 g/mol. The number of carbonyl (C=O) groups excluding carboxylic acids is 1. The highest BCUT2D eigenvalue weighted by Crippen LogP contribution is 2.35. The Morgan fingerprint density at radius 1 is 1.07 bits per heavy atom. The number of allylic oxidation sites excluding steroid dienone is 1. The van der Waals surface area contributed by atoms with Crippen molar-refractivity contribution < 1.29 is 4.79 Å². The first-order chi connectivity index (χ1) is 13.2. The van der Waals surface area contributed by atoms with Gasteiger partial charge in [0.15, 0.2) is 0 Å². The highest BCUT2D eigenvalue weighted by molar-refractivity contribution is 6.30. The van der Waals surface area contributed by atoms with Crippen molar-refractivity contribution in [2.24, 2.45) is 0 Å². The highest BCUT2D eigenvalue weighted by Gasteiger charge is 2.46. The summed E-state index contributed by atoms with van der Waals surface area (Å²) in [6.07, 6.45) is 4.35. The molecule has 1 saturated heterocycles. The number of nitrogens with zero attached hydrogens (tertiary/aromatic N) is 1. The minimum absolute atomic E-state index is 0.0247. The molecule has 0 spiro atoms. The van der Waals surface area contributed by atoms with Crippen molar-refractivity contribution in [2.45, 2.75) is 44.3 Å². The summed E-state index contributed by atoms with van der Waals surface area (Å²) in [5.74, 6) is 0.156. The second-order valence-corrected chi connectivity index (χ2v) is 7.66. The zero-order valence-corrected chi connectivity index (χ0v) is 16.1. The Hall–Kier alpha value is -2.30. The fourth-order valence-corrected chi connectivity index (χ4v) is 4.21. The Morgan fingerprint density at radius 2 is 1.81 bits per heavy atom. The Morgan fingerprint density at radius 3 is 2.52 bits per heavy atom. The van der Waals surface area contributed by atoms with E-state index in [0.29, 0.717) is 0 Å². The largest absolute Gasteiger partial charge is 0.367 e. The molecule has 140 valence electrons. The maximum atomic E-state index is 12.7. The molecule has 2 aromatic carbocycles. The van der Waals surface area contributed by atoms with Crippen LogP contribution in [-0.4, -0.2) is 23.1 Å². The quantitative estimate of drug-likeness (QED) is 0.822. The number of hydrogen-bond acceptors (Lipinski definition) is 3. The summed E-state index contributed by atoms with van der Waals surface area (Å²) in [5, 5.41) is 6.08. The van der Waals surface area contributed by atoms with Gasteiger partial charge in [0.2, 0.25) is 0 Å². The van der Waals surface area contributed by atoms with E-state index in [1.807, 2.05) is 18.2 Å². The molecule has 3 unspecified atom stereocenters. The number of amides is 1. The summed E-state index contributed by atoms with van der Waals surface area (Å²) in [5.41, 5.74) is 6.91. The summed E-state index contributed by atoms with van der Waals surface area (Å²) in [6.45, 7) is 2.13. The number of fused-ring (bicyclic) bond motifs is 1. The lowest BCUT2D eigenvalue weighted by Crippen LogP contribution is -2.52. The molecular weight excluding hydrogens is 358 g/mol. The molecule has 3 atom stereocenters. The van der Waals surface area contributed by atoms with Gasteiger partial charge in [-0.1, -0.05) is 67.4 Å². The zero-order chi connectivity index (χ0) is 18.8. The van der Waals surface area contributed by atoms with E-state index >= 15 is 0 Å². The lowest BCUT2D eigenvalue weighted by Gasteiger charge is -2.33. The van der Waals surface area contributed by atoms with Crippen molar-refractivity contribution in [3.05, 3.63) is 82.5 Å². The molecule has 4 rings (SSSR count). The number of carbonyl (C=O) groups is 1. The molecule has 27 heavy (non-hydrogen) atoms. The maximum Gasteiger partial charge on any atom is 0.264 e. The van der Waals surface area contributed by atoms with E-state index < -0.39 is 0 Å². The summed E-state index contributed by atoms with van der Waals surface area (Å²) in [7, 11) is 0. The molecule has 2 aliphatic rings. The van der Waals surface area contributed by atoms with E-state index in [4.69, 9.17) is 11.6 Å². The molecule has 0 bridgehead atoms. The van der Waals surface area contributed by atoms with E-state index in [0.717, 1.165) is 30.0 Å². The fraction of sp³-hybridized carbons (Fsp3) is 0.318. The van der Waals surface area contributed by atoms with Crippen LogP contribution < -0.4 is 10.7 Å². The van der Waals surface area contributed by atoms with Crippen molar-refractivity contribution in [3.8, 4) is 0 Å². The minimum Gasteiger partial charge on any atom is -0.367 e. The third-order valence-corrected chi connectivity index (χ3v) is 5.55. The van der Waals surface area contributed by atoms with Crippen LogP contribution in [0.25, 0.3) is 0 Å². The van der Waals surface area contributed by atoms with Crippen LogP contribution in [0.5, 0.6) is 0 Å². The van der Waals surface area contributed by atoms with Crippen molar-refractivity contribution in [2.75, 3.05) is 0 Å². The first-order valence-electron chi connectivity index (χ1n) is 9.51. The number of benzene rings is 2. The molecule has 2 aromatic rings. The van der Waals surface area contributed by atoms with Gasteiger partial charge in [-0.05, 0) is 36.1 Å². The van der Waals surface area contributed by atoms with Crippen LogP contribution in [0.4, 0.5) is 0 Å². The van der Waals surface area contributed by atoms with Crippen LogP contribution in [0.1, 0.15) is 36.8 Å². The molecule has 1 fully saturated rings. The topological polar surface area (TPSA) is 44.4 Å². The molecule has 0 aliphatic carbocycles. The molecular formula is C22H24ClN3O. The van der Waals surface area contributed by atoms with Gasteiger partial charge < -0.3 is 5.32 Å². The predicted octanol–water partition coefficient (Wildman–Crippen LogP) is 4.00. The lowest BCUT2D eigenvalue weighted by molar-refractivity contribution is -0.131. The molecule has 1 amide bonds. The molecule has 5 heteroatoms. The average Bonchev–Trinajstić information content (AvgIpc) is 3.02. The summed E-state index contributed by atoms with van der Waals surface area (Å²) >= 11 is 6.10. The normalized spacial score (nSPS) is 24.4. The van der Waals surface area contributed by atoms with Gasteiger partial charge in [0.1, 0.15) is 6.17 Å². The minimum atomic E-state index is -0.0982. The third kappa shape index (κ3) is 3.73. The van der Waals surface area contributed by atoms with Gasteiger partial charge in [0, 0.05) is 28.8 Å². The van der Waals surface area contributed by atoms with Gasteiger partial charge in [0.05, 0.1) is 0 Å². The van der Waals surface area contributed by atoms with Gasteiger partial charge in [-0.2, -0.15) is 0 Å². The second-order valence-electron chi connectivity index (χ2n) is 7.22. The van der Waals surface area contributed by atoms with Gasteiger partial charge in [-0.25, -0.2) is 5.43 Å². The Balaban J connectivity index is 1.67. The lowest BCUT2D eigenvalue weighted by atomic mass is 9.86. The maximum absolute atomic E-state index is 12.7. The zero-order valence-electron chi connectivity index (χ0n) is 15.4. The second kappa shape index (κ2) is 7.75. The molecule has 2 aliphatic heterocycles. The van der Waals surface area contributed by atoms with Crippen LogP contribution in [0, 0.1) is 0 Å². The van der Waals surface area contributed by atoms with E-state index in [1.54, 1.807) is 11.1 Å². The summed E-state index contributed by atoms with van der Waals surface area (Å²) in [6, 6.07) is 18.5. The molecule has 0 radical (unpaired) electrons. The van der Waals surface area contributed by atoms with Gasteiger partial charge >= 0.3 is 0 Å². The summed E-state index contributed by atoms with van der Waals surface area (Å²) in [4.78, 5) is 12.7. The van der Waals surface area contributed by atoms with E-state index in [2.05, 4.69) is 54.1 Å². The third-order valence-electron chi connectivity index (χ3n) is 5.30. The predicted molar refractivity (Wildman–Crippen MR) is 108 cm³/mol. The van der Waals surface area contributed by atoms with Crippen molar-refractivity contribution >= 4 is 17.5 Å². The van der Waals surface area contributed by atoms with E-state index in [1.165, 1.54) is 11.1 Å². The Bertz CT molecular complexity index is 834. The van der Waals surface area contributed by atoms with Crippen molar-refractivity contribution in [1.82, 2.24) is 15.8 Å². The number of hydrogen-bond donors (Lipinski definition) is 2. The molecule has 2 heterocycles. The van der Waals surface area contributed by atoms with Crippen LogP contribution >= 0.6 is 11.6 Å². The highest BCUT2D eigenvalue weighted by atomic mass is 35.5. The van der Waals surface area contributed by atoms with Crippen LogP contribution in [0.2, 0.25) is 5.02 Å². The SMILES string of the molecule is CCCC1=CC(=O)N2NC(Cc3ccccc3)C(c3ccc(Cl)cc3)C2N1. The molecule has 0 saturated carbocycles. The Kier molecular flexibility index (Phi) is 5.19. The van der Waals surface area contributed by atoms with Crippen molar-refractivity contribution in [1.29, 1.82) is 0 Å². The van der Waals surface area contributed by atoms with Gasteiger partial charge in [0.25, 0.3) is 5.91 Å². The van der Waals surface area contributed by atoms with Crippen LogP contribution in [0.15, 0.2) is 66.4 Å². The van der Waals surface area contributed by atoms with E-state index in [-0.39, 0.29) is 24.0 Å². The number of rotatable bonds is 5. The molecule has 4 nitrogen and oxygen atoms in total. The number of hydrazine groups is 1. The van der Waals surface area contributed by atoms with E-state index in [9.17, 15) is 4.79 Å². The number of halogens is 1. The fourth-order valence-electron chi connectivity index (χ4n) is 4.08. The van der Waals surface area contributed by atoms with Gasteiger partial charge in [-0.15, -0.1) is 0 Å². The number of nitrogens with one attached hydrogen (secondary N) is 2. The van der Waals surface area contributed by atoms with Crippen LogP contribution in [0.3, 0.4) is 0 Å². The van der Waals surface area contributed by atoms with Gasteiger partial charge in [-0.3, -0.25) is 9.80 Å². The van der Waals surface area contributed by atoms with Crippen molar-refractivity contribution in [3.63, 3.8) is 0 Å². The molecule has 2 N–H and O–H groups in total. The smallest absolute Gasteiger partial charge is 0.264 e. The standard InChI is InChI=1S/C22H24ClN3O/c1-2-6-18-14-20(27)26-22(24-18)21(16-9-11-17(23)12-10-16)19(25-26)13-15-7-4-3-5-8-15/h3-5,7-12,14,19,21-22,24-25H,2,6,13H2,1H3. The first kappa shape index (κ1) is 18.1. The monoisotopic (exact) mass is 381 g/mol. The summed E-state index contributed by atoms with van der Waals surface area (Å²) < 4.78 is 0. The molecule has 0 aromatic heterocycles. The Labute approximate surface area is 165 Å². The van der Waals surface area contributed by atoms with Crippen LogP contribution in [-0.2, 0) is 11.2 Å².